The molecule has 2 aliphatic rings. The average molecular weight is 382 g/mol. The molecule has 27 heavy (non-hydrogen) atoms. The van der Waals surface area contributed by atoms with Crippen LogP contribution in [0.25, 0.3) is 0 Å². The zero-order valence-corrected chi connectivity index (χ0v) is 16.1. The Morgan fingerprint density at radius 1 is 1.15 bits per heavy atom. The molecule has 0 saturated heterocycles. The van der Waals surface area contributed by atoms with Crippen LogP contribution in [0, 0.1) is 6.92 Å². The van der Waals surface area contributed by atoms with Crippen molar-refractivity contribution in [1.29, 1.82) is 0 Å². The molecule has 0 aromatic heterocycles. The number of hydrogen-bond donors (Lipinski definition) is 0. The summed E-state index contributed by atoms with van der Waals surface area (Å²) < 4.78 is 11.2. The smallest absolute Gasteiger partial charge is 0.182 e. The Hall–Kier alpha value is -2.47. The maximum Gasteiger partial charge on any atom is 0.182 e. The summed E-state index contributed by atoms with van der Waals surface area (Å²) in [6, 6.07) is 13.5. The largest absolute Gasteiger partial charge is 0.486 e. The van der Waals surface area contributed by atoms with E-state index in [9.17, 15) is 4.79 Å². The quantitative estimate of drug-likeness (QED) is 0.750. The van der Waals surface area contributed by atoms with Gasteiger partial charge in [-0.05, 0) is 43.2 Å². The van der Waals surface area contributed by atoms with E-state index in [4.69, 9.17) is 9.47 Å². The van der Waals surface area contributed by atoms with Gasteiger partial charge in [0.25, 0.3) is 0 Å². The number of ether oxygens (including phenoxy) is 2. The lowest BCUT2D eigenvalue weighted by Gasteiger charge is -2.28. The molecule has 140 valence electrons. The van der Waals surface area contributed by atoms with Gasteiger partial charge in [0.05, 0.1) is 6.54 Å². The SMILES string of the molecule is Cc1ccccc1N(CC(=O)c1ccc2c(c1)OCCO2)C1=NCCCS1. The third-order valence-electron chi connectivity index (χ3n) is 4.58. The summed E-state index contributed by atoms with van der Waals surface area (Å²) in [5.41, 5.74) is 2.78. The number of para-hydroxylation sites is 1. The minimum atomic E-state index is 0.0316. The number of Topliss-reactive ketones (excluding diaryl/α,β-unsaturated/α-hetero) is 1. The van der Waals surface area contributed by atoms with Crippen LogP contribution in [0.3, 0.4) is 0 Å². The van der Waals surface area contributed by atoms with E-state index in [1.807, 2.05) is 35.2 Å². The predicted molar refractivity (Wildman–Crippen MR) is 110 cm³/mol. The highest BCUT2D eigenvalue weighted by Gasteiger charge is 2.23. The van der Waals surface area contributed by atoms with Crippen LogP contribution in [0.5, 0.6) is 11.5 Å². The van der Waals surface area contributed by atoms with Crippen molar-refractivity contribution in [2.45, 2.75) is 13.3 Å². The molecule has 0 unspecified atom stereocenters. The second-order valence-corrected chi connectivity index (χ2v) is 7.58. The number of anilines is 1. The van der Waals surface area contributed by atoms with E-state index >= 15 is 0 Å². The van der Waals surface area contributed by atoms with E-state index < -0.39 is 0 Å². The number of amidine groups is 1. The third-order valence-corrected chi connectivity index (χ3v) is 5.68. The predicted octanol–water partition coefficient (Wildman–Crippen LogP) is 3.95. The van der Waals surface area contributed by atoms with Crippen LogP contribution in [-0.4, -0.2) is 43.0 Å². The van der Waals surface area contributed by atoms with Gasteiger partial charge in [0.1, 0.15) is 13.2 Å². The molecule has 0 atom stereocenters. The maximum atomic E-state index is 13.1. The summed E-state index contributed by atoms with van der Waals surface area (Å²) >= 11 is 1.71. The topological polar surface area (TPSA) is 51.1 Å². The number of hydrogen-bond acceptors (Lipinski definition) is 6. The molecule has 0 spiro atoms. The fourth-order valence-corrected chi connectivity index (χ4v) is 4.14. The molecule has 2 aliphatic heterocycles. The molecule has 0 N–H and O–H groups in total. The molecule has 0 bridgehead atoms. The number of benzene rings is 2. The van der Waals surface area contributed by atoms with Crippen molar-refractivity contribution in [3.05, 3.63) is 53.6 Å². The minimum absolute atomic E-state index is 0.0316. The molecule has 0 amide bonds. The van der Waals surface area contributed by atoms with E-state index in [1.165, 1.54) is 0 Å². The van der Waals surface area contributed by atoms with E-state index in [0.717, 1.165) is 35.1 Å². The summed E-state index contributed by atoms with van der Waals surface area (Å²) in [5, 5.41) is 0.918. The fraction of sp³-hybridized carbons (Fsp3) is 0.333. The first kappa shape index (κ1) is 17.9. The molecule has 2 aromatic carbocycles. The van der Waals surface area contributed by atoms with E-state index in [2.05, 4.69) is 18.0 Å². The van der Waals surface area contributed by atoms with Gasteiger partial charge in [-0.3, -0.25) is 9.79 Å². The van der Waals surface area contributed by atoms with Crippen LogP contribution in [-0.2, 0) is 0 Å². The van der Waals surface area contributed by atoms with Gasteiger partial charge < -0.3 is 14.4 Å². The minimum Gasteiger partial charge on any atom is -0.486 e. The number of nitrogens with zero attached hydrogens (tertiary/aromatic N) is 2. The molecular weight excluding hydrogens is 360 g/mol. The van der Waals surface area contributed by atoms with Gasteiger partial charge in [0.15, 0.2) is 22.4 Å². The normalized spacial score (nSPS) is 15.8. The Bertz CT molecular complexity index is 881. The maximum absolute atomic E-state index is 13.1. The number of thioether (sulfide) groups is 1. The summed E-state index contributed by atoms with van der Waals surface area (Å²) in [6.07, 6.45) is 1.08. The van der Waals surface area contributed by atoms with Gasteiger partial charge in [-0.2, -0.15) is 0 Å². The van der Waals surface area contributed by atoms with Crippen molar-refractivity contribution < 1.29 is 14.3 Å². The van der Waals surface area contributed by atoms with Gasteiger partial charge in [-0.1, -0.05) is 30.0 Å². The lowest BCUT2D eigenvalue weighted by Crippen LogP contribution is -2.36. The van der Waals surface area contributed by atoms with Crippen molar-refractivity contribution in [3.63, 3.8) is 0 Å². The summed E-state index contributed by atoms with van der Waals surface area (Å²) in [5.74, 6) is 2.39. The molecule has 0 radical (unpaired) electrons. The van der Waals surface area contributed by atoms with Crippen LogP contribution >= 0.6 is 11.8 Å². The molecule has 4 rings (SSSR count). The van der Waals surface area contributed by atoms with Gasteiger partial charge in [0.2, 0.25) is 0 Å². The summed E-state index contributed by atoms with van der Waals surface area (Å²) in [7, 11) is 0. The number of aryl methyl sites for hydroxylation is 1. The average Bonchev–Trinajstić information content (AvgIpc) is 2.73. The molecule has 0 aliphatic carbocycles. The Morgan fingerprint density at radius 2 is 1.96 bits per heavy atom. The molecule has 0 fully saturated rings. The zero-order chi connectivity index (χ0) is 18.6. The highest BCUT2D eigenvalue weighted by Crippen LogP contribution is 2.31. The van der Waals surface area contributed by atoms with Gasteiger partial charge >= 0.3 is 0 Å². The first-order valence-electron chi connectivity index (χ1n) is 9.15. The first-order valence-corrected chi connectivity index (χ1v) is 10.1. The van der Waals surface area contributed by atoms with Gasteiger partial charge in [0, 0.05) is 23.5 Å². The van der Waals surface area contributed by atoms with Crippen LogP contribution in [0.4, 0.5) is 5.69 Å². The van der Waals surface area contributed by atoms with Crippen molar-refractivity contribution in [1.82, 2.24) is 0 Å². The van der Waals surface area contributed by atoms with Crippen molar-refractivity contribution in [2.75, 3.05) is 37.0 Å². The second kappa shape index (κ2) is 8.05. The van der Waals surface area contributed by atoms with Gasteiger partial charge in [-0.25, -0.2) is 0 Å². The lowest BCUT2D eigenvalue weighted by atomic mass is 10.1. The Morgan fingerprint density at radius 3 is 2.74 bits per heavy atom. The highest BCUT2D eigenvalue weighted by molar-refractivity contribution is 8.14. The van der Waals surface area contributed by atoms with Crippen LogP contribution in [0.2, 0.25) is 0 Å². The van der Waals surface area contributed by atoms with Crippen LogP contribution in [0.1, 0.15) is 22.3 Å². The summed E-state index contributed by atoms with van der Waals surface area (Å²) in [6.45, 7) is 4.16. The van der Waals surface area contributed by atoms with Gasteiger partial charge in [-0.15, -0.1) is 0 Å². The first-order chi connectivity index (χ1) is 13.2. The van der Waals surface area contributed by atoms with Crippen LogP contribution in [0.15, 0.2) is 47.5 Å². The molecule has 0 saturated carbocycles. The Balaban J connectivity index is 1.62. The Labute approximate surface area is 163 Å². The number of rotatable bonds is 4. The number of carbonyl (C=O) groups is 1. The van der Waals surface area contributed by atoms with Crippen molar-refractivity contribution in [3.8, 4) is 11.5 Å². The molecule has 5 nitrogen and oxygen atoms in total. The Kier molecular flexibility index (Phi) is 5.34. The molecule has 2 aromatic rings. The molecule has 6 heteroatoms. The second-order valence-electron chi connectivity index (χ2n) is 6.52. The lowest BCUT2D eigenvalue weighted by molar-refractivity contribution is 0.100. The highest BCUT2D eigenvalue weighted by atomic mass is 32.2. The standard InChI is InChI=1S/C21H22N2O3S/c1-15-5-2-3-6-17(15)23(21-22-9-4-12-27-21)14-18(24)16-7-8-19-20(13-16)26-11-10-25-19/h2-3,5-8,13H,4,9-12,14H2,1H3. The van der Waals surface area contributed by atoms with Crippen molar-refractivity contribution in [2.24, 2.45) is 4.99 Å². The van der Waals surface area contributed by atoms with Crippen molar-refractivity contribution >= 4 is 28.4 Å². The summed E-state index contributed by atoms with van der Waals surface area (Å²) in [4.78, 5) is 19.8. The molecular formula is C21H22N2O3S. The number of fused-ring (bicyclic) bond motifs is 1. The number of ketones is 1. The number of carbonyl (C=O) groups excluding carboxylic acids is 1. The monoisotopic (exact) mass is 382 g/mol. The third kappa shape index (κ3) is 3.95. The fourth-order valence-electron chi connectivity index (χ4n) is 3.19. The number of aliphatic imine (C=N–C) groups is 1. The van der Waals surface area contributed by atoms with Crippen LogP contribution < -0.4 is 14.4 Å². The van der Waals surface area contributed by atoms with E-state index in [1.54, 1.807) is 17.8 Å². The zero-order valence-electron chi connectivity index (χ0n) is 15.3. The molecule has 2 heterocycles. The van der Waals surface area contributed by atoms with E-state index in [-0.39, 0.29) is 12.3 Å². The van der Waals surface area contributed by atoms with E-state index in [0.29, 0.717) is 30.3 Å².